The van der Waals surface area contributed by atoms with Crippen LogP contribution in [0.1, 0.15) is 74.9 Å². The highest BCUT2D eigenvalue weighted by Gasteiger charge is 2.48. The van der Waals surface area contributed by atoms with Crippen LogP contribution in [0.25, 0.3) is 11.1 Å². The predicted octanol–water partition coefficient (Wildman–Crippen LogP) is 4.74. The number of Topliss-reactive ketones (excluding diaryl/α,β-unsaturated/α-hetero) is 2. The molecule has 1 aliphatic carbocycles. The molecule has 0 aromatic heterocycles. The lowest BCUT2D eigenvalue weighted by Crippen LogP contribution is -2.55. The van der Waals surface area contributed by atoms with Crippen LogP contribution in [0, 0.1) is 16.0 Å². The topological polar surface area (TPSA) is 115 Å². The zero-order valence-corrected chi connectivity index (χ0v) is 19.8. The van der Waals surface area contributed by atoms with Crippen molar-refractivity contribution >= 4 is 17.3 Å². The Balaban J connectivity index is 2.28. The van der Waals surface area contributed by atoms with Crippen molar-refractivity contribution in [2.75, 3.05) is 6.54 Å². The summed E-state index contributed by atoms with van der Waals surface area (Å²) >= 11 is 0. The first kappa shape index (κ1) is 24.7. The number of carbonyl (C=O) groups is 2. The van der Waals surface area contributed by atoms with Crippen LogP contribution >= 0.6 is 0 Å². The molecule has 0 saturated heterocycles. The van der Waals surface area contributed by atoms with Crippen molar-refractivity contribution in [2.24, 2.45) is 11.7 Å². The molecule has 3 atom stereocenters. The van der Waals surface area contributed by atoms with Crippen LogP contribution in [0.4, 0.5) is 5.69 Å². The lowest BCUT2D eigenvalue weighted by Gasteiger charge is -2.39. The summed E-state index contributed by atoms with van der Waals surface area (Å²) in [4.78, 5) is 36.1. The van der Waals surface area contributed by atoms with Gasteiger partial charge in [0.15, 0.2) is 5.78 Å². The van der Waals surface area contributed by atoms with Crippen molar-refractivity contribution in [3.8, 4) is 11.1 Å². The number of benzene rings is 2. The number of nitrogens with zero attached hydrogens (tertiary/aromatic N) is 1. The minimum atomic E-state index is -0.863. The van der Waals surface area contributed by atoms with Crippen molar-refractivity contribution in [1.29, 1.82) is 0 Å². The first-order chi connectivity index (χ1) is 15.7. The molecule has 0 bridgehead atoms. The van der Waals surface area contributed by atoms with Crippen LogP contribution in [0.15, 0.2) is 36.4 Å². The largest absolute Gasteiger partial charge is 0.326 e. The smallest absolute Gasteiger partial charge is 0.269 e. The SMILES string of the molecule is CCCCNC1(C(N)CCC)c2cc(C(=O)C(C)C(C)=O)ccc2-c2ccc([N+](=O)[O-])cc21. The van der Waals surface area contributed by atoms with Crippen LogP contribution < -0.4 is 11.1 Å². The van der Waals surface area contributed by atoms with Crippen LogP contribution in [0.3, 0.4) is 0 Å². The summed E-state index contributed by atoms with van der Waals surface area (Å²) < 4.78 is 0. The molecule has 0 amide bonds. The number of nitro benzene ring substituents is 1. The molecule has 0 fully saturated rings. The normalized spacial score (nSPS) is 18.3. The van der Waals surface area contributed by atoms with Crippen molar-refractivity contribution in [1.82, 2.24) is 5.32 Å². The molecule has 7 nitrogen and oxygen atoms in total. The number of nitrogens with two attached hydrogens (primary N) is 1. The fraction of sp³-hybridized carbons (Fsp3) is 0.462. The first-order valence-electron chi connectivity index (χ1n) is 11.7. The van der Waals surface area contributed by atoms with Crippen molar-refractivity contribution in [3.05, 3.63) is 63.2 Å². The van der Waals surface area contributed by atoms with Gasteiger partial charge in [-0.25, -0.2) is 0 Å². The first-order valence-corrected chi connectivity index (χ1v) is 11.7. The van der Waals surface area contributed by atoms with Crippen LogP contribution in [-0.4, -0.2) is 29.1 Å². The Morgan fingerprint density at radius 1 is 1.09 bits per heavy atom. The van der Waals surface area contributed by atoms with E-state index < -0.39 is 16.4 Å². The highest BCUT2D eigenvalue weighted by Crippen LogP contribution is 2.51. The molecule has 0 spiro atoms. The number of hydrogen-bond donors (Lipinski definition) is 2. The molecule has 176 valence electrons. The van der Waals surface area contributed by atoms with Gasteiger partial charge in [-0.1, -0.05) is 38.8 Å². The summed E-state index contributed by atoms with van der Waals surface area (Å²) in [5, 5.41) is 15.3. The van der Waals surface area contributed by atoms with E-state index >= 15 is 0 Å². The van der Waals surface area contributed by atoms with E-state index in [0.717, 1.165) is 41.5 Å². The number of nitrogens with one attached hydrogen (secondary N) is 1. The fourth-order valence-electron chi connectivity index (χ4n) is 4.76. The average molecular weight is 452 g/mol. The Morgan fingerprint density at radius 3 is 2.30 bits per heavy atom. The van der Waals surface area contributed by atoms with Gasteiger partial charge in [0.25, 0.3) is 5.69 Å². The second kappa shape index (κ2) is 9.93. The summed E-state index contributed by atoms with van der Waals surface area (Å²) in [6.07, 6.45) is 3.44. The van der Waals surface area contributed by atoms with E-state index in [1.807, 2.05) is 12.1 Å². The predicted molar refractivity (Wildman–Crippen MR) is 129 cm³/mol. The Morgan fingerprint density at radius 2 is 1.73 bits per heavy atom. The summed E-state index contributed by atoms with van der Waals surface area (Å²) in [7, 11) is 0. The Kier molecular flexibility index (Phi) is 7.44. The molecule has 33 heavy (non-hydrogen) atoms. The summed E-state index contributed by atoms with van der Waals surface area (Å²) in [6, 6.07) is 9.97. The van der Waals surface area contributed by atoms with Gasteiger partial charge in [-0.2, -0.15) is 0 Å². The molecule has 1 aliphatic rings. The molecule has 2 aromatic carbocycles. The third-order valence-corrected chi connectivity index (χ3v) is 6.75. The van der Waals surface area contributed by atoms with Gasteiger partial charge in [0, 0.05) is 23.7 Å². The summed E-state index contributed by atoms with van der Waals surface area (Å²) in [5.41, 5.74) is 9.82. The van der Waals surface area contributed by atoms with Gasteiger partial charge in [-0.3, -0.25) is 19.7 Å². The average Bonchev–Trinajstić information content (AvgIpc) is 3.07. The van der Waals surface area contributed by atoms with Gasteiger partial charge in [-0.05, 0) is 67.6 Å². The molecule has 0 aliphatic heterocycles. The maximum absolute atomic E-state index is 13.0. The molecule has 7 heteroatoms. The monoisotopic (exact) mass is 451 g/mol. The van der Waals surface area contributed by atoms with Crippen LogP contribution in [-0.2, 0) is 10.3 Å². The van der Waals surface area contributed by atoms with E-state index in [1.165, 1.54) is 13.0 Å². The number of rotatable bonds is 11. The van der Waals surface area contributed by atoms with E-state index in [4.69, 9.17) is 5.73 Å². The van der Waals surface area contributed by atoms with Crippen LogP contribution in [0.5, 0.6) is 0 Å². The Bertz CT molecular complexity index is 1080. The minimum Gasteiger partial charge on any atom is -0.326 e. The molecule has 2 aromatic rings. The van der Waals surface area contributed by atoms with Gasteiger partial charge in [0.2, 0.25) is 0 Å². The molecule has 0 radical (unpaired) electrons. The molecule has 3 rings (SSSR count). The fourth-order valence-corrected chi connectivity index (χ4v) is 4.76. The van der Waals surface area contributed by atoms with E-state index in [0.29, 0.717) is 18.5 Å². The minimum absolute atomic E-state index is 0.00780. The highest BCUT2D eigenvalue weighted by atomic mass is 16.6. The quantitative estimate of drug-likeness (QED) is 0.168. The van der Waals surface area contributed by atoms with Gasteiger partial charge in [-0.15, -0.1) is 0 Å². The second-order valence-corrected chi connectivity index (χ2v) is 8.93. The number of ketones is 2. The zero-order valence-electron chi connectivity index (χ0n) is 19.8. The standard InChI is InChI=1S/C26H33N3O4/c1-5-7-13-28-26(24(27)8-6-2)22-14-18(25(31)16(3)17(4)30)9-11-20(22)21-12-10-19(29(32)33)15-23(21)26/h9-12,14-16,24,28H,5-8,13,27H2,1-4H3. The summed E-state index contributed by atoms with van der Waals surface area (Å²) in [5.74, 6) is -1.16. The maximum atomic E-state index is 13.0. The molecule has 0 saturated carbocycles. The molecule has 3 N–H and O–H groups in total. The van der Waals surface area contributed by atoms with Gasteiger partial charge in [0.1, 0.15) is 5.78 Å². The number of unbranched alkanes of at least 4 members (excludes halogenated alkanes) is 1. The number of carbonyl (C=O) groups excluding carboxylic acids is 2. The molecular formula is C26H33N3O4. The lowest BCUT2D eigenvalue weighted by molar-refractivity contribution is -0.384. The number of hydrogen-bond acceptors (Lipinski definition) is 6. The molecule has 0 heterocycles. The van der Waals surface area contributed by atoms with Crippen molar-refractivity contribution in [3.63, 3.8) is 0 Å². The van der Waals surface area contributed by atoms with Crippen LogP contribution in [0.2, 0.25) is 0 Å². The van der Waals surface area contributed by atoms with E-state index in [1.54, 1.807) is 25.1 Å². The number of non-ortho nitro benzene ring substituents is 1. The number of nitro groups is 1. The third kappa shape index (κ3) is 4.35. The maximum Gasteiger partial charge on any atom is 0.269 e. The Hall–Kier alpha value is -2.90. The van der Waals surface area contributed by atoms with Gasteiger partial charge in [0.05, 0.1) is 16.4 Å². The van der Waals surface area contributed by atoms with Crippen molar-refractivity contribution < 1.29 is 14.5 Å². The Labute approximate surface area is 194 Å². The third-order valence-electron chi connectivity index (χ3n) is 6.75. The molecule has 3 unspecified atom stereocenters. The second-order valence-electron chi connectivity index (χ2n) is 8.93. The van der Waals surface area contributed by atoms with E-state index in [-0.39, 0.29) is 23.3 Å². The lowest BCUT2D eigenvalue weighted by atomic mass is 9.78. The van der Waals surface area contributed by atoms with Gasteiger partial charge < -0.3 is 11.1 Å². The highest BCUT2D eigenvalue weighted by molar-refractivity contribution is 6.10. The van der Waals surface area contributed by atoms with E-state index in [9.17, 15) is 19.7 Å². The van der Waals surface area contributed by atoms with Crippen molar-refractivity contribution in [2.45, 2.75) is 65.0 Å². The molecular weight excluding hydrogens is 418 g/mol. The summed E-state index contributed by atoms with van der Waals surface area (Å²) in [6.45, 7) is 7.86. The van der Waals surface area contributed by atoms with E-state index in [2.05, 4.69) is 19.2 Å². The number of fused-ring (bicyclic) bond motifs is 3. The van der Waals surface area contributed by atoms with Gasteiger partial charge >= 0.3 is 0 Å². The zero-order chi connectivity index (χ0) is 24.3.